The van der Waals surface area contributed by atoms with Gasteiger partial charge >= 0.3 is 0 Å². The zero-order chi connectivity index (χ0) is 17.5. The van der Waals surface area contributed by atoms with E-state index in [2.05, 4.69) is 11.0 Å². The van der Waals surface area contributed by atoms with Crippen molar-refractivity contribution in [2.75, 3.05) is 46.0 Å². The second kappa shape index (κ2) is 8.84. The van der Waals surface area contributed by atoms with Gasteiger partial charge in [0.1, 0.15) is 12.4 Å². The van der Waals surface area contributed by atoms with Crippen LogP contribution < -0.4 is 4.74 Å². The zero-order valence-corrected chi connectivity index (χ0v) is 14.5. The minimum Gasteiger partial charge on any atom is -0.492 e. The second-order valence-corrected chi connectivity index (χ2v) is 6.47. The number of benzene rings is 1. The molecule has 0 aromatic heterocycles. The number of carbonyl (C=O) groups is 1. The molecule has 6 heteroatoms. The lowest BCUT2D eigenvalue weighted by Crippen LogP contribution is -2.54. The smallest absolute Gasteiger partial charge is 0.240 e. The van der Waals surface area contributed by atoms with Crippen LogP contribution in [0.5, 0.6) is 5.75 Å². The van der Waals surface area contributed by atoms with Crippen molar-refractivity contribution in [2.45, 2.75) is 25.3 Å². The molecule has 2 aliphatic rings. The molecule has 0 saturated carbocycles. The molecule has 1 amide bonds. The average molecular weight is 343 g/mol. The topological polar surface area (TPSA) is 65.8 Å². The van der Waals surface area contributed by atoms with Crippen LogP contribution in [0.2, 0.25) is 0 Å². The SMILES string of the molecule is N#Cc1ccc(OCCN2CCCCC2C(=O)N2CCOCC2)cc1. The first-order chi connectivity index (χ1) is 12.3. The molecule has 0 N–H and O–H groups in total. The van der Waals surface area contributed by atoms with Crippen molar-refractivity contribution in [1.82, 2.24) is 9.80 Å². The fourth-order valence-electron chi connectivity index (χ4n) is 3.44. The minimum absolute atomic E-state index is 0.0311. The number of likely N-dealkylation sites (tertiary alicyclic amines) is 1. The summed E-state index contributed by atoms with van der Waals surface area (Å²) in [5, 5.41) is 8.82. The third kappa shape index (κ3) is 4.71. The van der Waals surface area contributed by atoms with E-state index in [4.69, 9.17) is 14.7 Å². The van der Waals surface area contributed by atoms with Gasteiger partial charge in [0, 0.05) is 19.6 Å². The van der Waals surface area contributed by atoms with Crippen molar-refractivity contribution >= 4 is 5.91 Å². The number of hydrogen-bond acceptors (Lipinski definition) is 5. The van der Waals surface area contributed by atoms with E-state index < -0.39 is 0 Å². The van der Waals surface area contributed by atoms with Gasteiger partial charge in [0.15, 0.2) is 0 Å². The maximum Gasteiger partial charge on any atom is 0.240 e. The number of nitriles is 1. The molecule has 2 saturated heterocycles. The summed E-state index contributed by atoms with van der Waals surface area (Å²) in [4.78, 5) is 17.0. The van der Waals surface area contributed by atoms with Crippen LogP contribution in [0.4, 0.5) is 0 Å². The molecule has 134 valence electrons. The van der Waals surface area contributed by atoms with Crippen molar-refractivity contribution in [3.05, 3.63) is 29.8 Å². The Labute approximate surface area is 148 Å². The van der Waals surface area contributed by atoms with Gasteiger partial charge in [0.05, 0.1) is 30.9 Å². The molecule has 1 aromatic carbocycles. The van der Waals surface area contributed by atoms with Gasteiger partial charge in [-0.25, -0.2) is 0 Å². The van der Waals surface area contributed by atoms with E-state index in [0.29, 0.717) is 38.5 Å². The molecule has 0 aliphatic carbocycles. The molecule has 0 radical (unpaired) electrons. The lowest BCUT2D eigenvalue weighted by atomic mass is 10.0. The first-order valence-electron chi connectivity index (χ1n) is 9.01. The highest BCUT2D eigenvalue weighted by Crippen LogP contribution is 2.20. The Kier molecular flexibility index (Phi) is 6.26. The number of piperidine rings is 1. The number of ether oxygens (including phenoxy) is 2. The molecule has 2 aliphatic heterocycles. The Bertz CT molecular complexity index is 605. The van der Waals surface area contributed by atoms with E-state index in [1.54, 1.807) is 12.1 Å². The lowest BCUT2D eigenvalue weighted by Gasteiger charge is -2.38. The average Bonchev–Trinajstić information content (AvgIpc) is 2.69. The normalized spacial score (nSPS) is 21.6. The number of rotatable bonds is 5. The first kappa shape index (κ1) is 17.7. The summed E-state index contributed by atoms with van der Waals surface area (Å²) in [5.74, 6) is 0.994. The third-order valence-electron chi connectivity index (χ3n) is 4.85. The maximum atomic E-state index is 12.8. The molecule has 6 nitrogen and oxygen atoms in total. The van der Waals surface area contributed by atoms with Gasteiger partial charge in [0.25, 0.3) is 0 Å². The van der Waals surface area contributed by atoms with Crippen molar-refractivity contribution in [3.63, 3.8) is 0 Å². The molecule has 2 heterocycles. The highest BCUT2D eigenvalue weighted by molar-refractivity contribution is 5.82. The van der Waals surface area contributed by atoms with E-state index in [9.17, 15) is 4.79 Å². The third-order valence-corrected chi connectivity index (χ3v) is 4.85. The van der Waals surface area contributed by atoms with E-state index in [0.717, 1.165) is 38.1 Å². The minimum atomic E-state index is -0.0311. The van der Waals surface area contributed by atoms with Gasteiger partial charge < -0.3 is 14.4 Å². The molecule has 1 atom stereocenters. The summed E-state index contributed by atoms with van der Waals surface area (Å²) in [7, 11) is 0. The monoisotopic (exact) mass is 343 g/mol. The predicted octanol–water partition coefficient (Wildman–Crippen LogP) is 1.65. The standard InChI is InChI=1S/C19H25N3O3/c20-15-16-4-6-17(7-5-16)25-14-11-21-8-2-1-3-18(21)19(23)22-9-12-24-13-10-22/h4-7,18H,1-3,8-14H2. The molecular formula is C19H25N3O3. The molecule has 3 rings (SSSR count). The molecule has 1 aromatic rings. The molecular weight excluding hydrogens is 318 g/mol. The number of morpholine rings is 1. The first-order valence-corrected chi connectivity index (χ1v) is 9.01. The molecule has 1 unspecified atom stereocenters. The maximum absolute atomic E-state index is 12.8. The Balaban J connectivity index is 1.51. The summed E-state index contributed by atoms with van der Waals surface area (Å²) >= 11 is 0. The van der Waals surface area contributed by atoms with E-state index in [-0.39, 0.29) is 11.9 Å². The van der Waals surface area contributed by atoms with E-state index in [1.165, 1.54) is 0 Å². The predicted molar refractivity (Wildman–Crippen MR) is 93.3 cm³/mol. The highest BCUT2D eigenvalue weighted by atomic mass is 16.5. The lowest BCUT2D eigenvalue weighted by molar-refractivity contribution is -0.142. The molecule has 2 fully saturated rings. The van der Waals surface area contributed by atoms with Crippen LogP contribution in [-0.2, 0) is 9.53 Å². The van der Waals surface area contributed by atoms with Gasteiger partial charge in [-0.3, -0.25) is 9.69 Å². The molecule has 25 heavy (non-hydrogen) atoms. The van der Waals surface area contributed by atoms with Crippen LogP contribution in [0.15, 0.2) is 24.3 Å². The fraction of sp³-hybridized carbons (Fsp3) is 0.579. The summed E-state index contributed by atoms with van der Waals surface area (Å²) in [6.45, 7) is 4.90. The highest BCUT2D eigenvalue weighted by Gasteiger charge is 2.32. The van der Waals surface area contributed by atoms with Crippen LogP contribution in [-0.4, -0.2) is 67.7 Å². The Morgan fingerprint density at radius 2 is 1.96 bits per heavy atom. The summed E-state index contributed by atoms with van der Waals surface area (Å²) < 4.78 is 11.1. The Morgan fingerprint density at radius 1 is 1.20 bits per heavy atom. The van der Waals surface area contributed by atoms with Crippen molar-refractivity contribution in [1.29, 1.82) is 5.26 Å². The number of carbonyl (C=O) groups excluding carboxylic acids is 1. The summed E-state index contributed by atoms with van der Waals surface area (Å²) in [6.07, 6.45) is 3.16. The van der Waals surface area contributed by atoms with Crippen molar-refractivity contribution in [2.24, 2.45) is 0 Å². The molecule has 0 bridgehead atoms. The Morgan fingerprint density at radius 3 is 2.68 bits per heavy atom. The van der Waals surface area contributed by atoms with Crippen molar-refractivity contribution in [3.8, 4) is 11.8 Å². The Hall–Kier alpha value is -2.10. The van der Waals surface area contributed by atoms with E-state index >= 15 is 0 Å². The number of amides is 1. The summed E-state index contributed by atoms with van der Waals surface area (Å²) in [6, 6.07) is 9.19. The van der Waals surface area contributed by atoms with Gasteiger partial charge in [-0.15, -0.1) is 0 Å². The van der Waals surface area contributed by atoms with E-state index in [1.807, 2.05) is 17.0 Å². The van der Waals surface area contributed by atoms with Crippen LogP contribution in [0.1, 0.15) is 24.8 Å². The van der Waals surface area contributed by atoms with Gasteiger partial charge in [-0.2, -0.15) is 5.26 Å². The fourth-order valence-corrected chi connectivity index (χ4v) is 3.44. The van der Waals surface area contributed by atoms with Crippen molar-refractivity contribution < 1.29 is 14.3 Å². The van der Waals surface area contributed by atoms with Crippen LogP contribution in [0.3, 0.4) is 0 Å². The number of hydrogen-bond donors (Lipinski definition) is 0. The van der Waals surface area contributed by atoms with Crippen LogP contribution >= 0.6 is 0 Å². The van der Waals surface area contributed by atoms with Gasteiger partial charge in [-0.1, -0.05) is 6.42 Å². The summed E-state index contributed by atoms with van der Waals surface area (Å²) in [5.41, 5.74) is 0.625. The van der Waals surface area contributed by atoms with Crippen LogP contribution in [0, 0.1) is 11.3 Å². The second-order valence-electron chi connectivity index (χ2n) is 6.47. The van der Waals surface area contributed by atoms with Gasteiger partial charge in [0.2, 0.25) is 5.91 Å². The number of nitrogens with zero attached hydrogens (tertiary/aromatic N) is 3. The molecule has 0 spiro atoms. The van der Waals surface area contributed by atoms with Crippen LogP contribution in [0.25, 0.3) is 0 Å². The van der Waals surface area contributed by atoms with Gasteiger partial charge in [-0.05, 0) is 43.7 Å². The quantitative estimate of drug-likeness (QED) is 0.813. The largest absolute Gasteiger partial charge is 0.492 e. The zero-order valence-electron chi connectivity index (χ0n) is 14.5.